The number of urea groups is 1. The molecule has 7 nitrogen and oxygen atoms in total. The fourth-order valence-corrected chi connectivity index (χ4v) is 3.67. The largest absolute Gasteiger partial charge is 0.327 e. The first-order valence-corrected chi connectivity index (χ1v) is 9.52. The summed E-state index contributed by atoms with van der Waals surface area (Å²) in [5.74, 6) is -1.06. The summed E-state index contributed by atoms with van der Waals surface area (Å²) in [5.41, 5.74) is 3.26. The zero-order valence-corrected chi connectivity index (χ0v) is 16.6. The number of amides is 4. The van der Waals surface area contributed by atoms with Gasteiger partial charge in [-0.15, -0.1) is 0 Å². The minimum atomic E-state index is -0.693. The second-order valence-corrected chi connectivity index (χ2v) is 7.43. The van der Waals surface area contributed by atoms with Crippen LogP contribution in [0.1, 0.15) is 17.2 Å². The molecular formula is C22H21FN4O3. The number of nitrogens with zero attached hydrogens (tertiary/aromatic N) is 2. The highest BCUT2D eigenvalue weighted by molar-refractivity contribution is 6.04. The first-order valence-electron chi connectivity index (χ1n) is 9.52. The summed E-state index contributed by atoms with van der Waals surface area (Å²) in [5, 5.41) is 5.56. The standard InChI is InChI=1S/C22H21FN4O3/c1-13-3-9-16(10-4-13)24-18(28)12-27-11-17-19(21(27)29)20(25-22(30)26(17)2)14-5-7-15(23)8-6-14/h3-10,20H,11-12H2,1-2H3,(H,24,28)(H,25,30)/t20-/m1/s1. The molecule has 2 aliphatic heterocycles. The fourth-order valence-electron chi connectivity index (χ4n) is 3.67. The Bertz CT molecular complexity index is 1050. The molecule has 0 saturated heterocycles. The molecule has 1 atom stereocenters. The lowest BCUT2D eigenvalue weighted by Gasteiger charge is -2.31. The minimum Gasteiger partial charge on any atom is -0.327 e. The molecule has 2 heterocycles. The summed E-state index contributed by atoms with van der Waals surface area (Å²) < 4.78 is 13.3. The summed E-state index contributed by atoms with van der Waals surface area (Å²) in [6.45, 7) is 1.96. The van der Waals surface area contributed by atoms with E-state index in [1.54, 1.807) is 19.2 Å². The number of likely N-dealkylation sites (N-methyl/N-ethyl adjacent to an activating group) is 1. The molecule has 0 aliphatic carbocycles. The number of carbonyl (C=O) groups is 3. The predicted molar refractivity (Wildman–Crippen MR) is 109 cm³/mol. The van der Waals surface area contributed by atoms with Gasteiger partial charge in [0, 0.05) is 12.7 Å². The zero-order chi connectivity index (χ0) is 21.4. The van der Waals surface area contributed by atoms with Crippen molar-refractivity contribution < 1.29 is 18.8 Å². The van der Waals surface area contributed by atoms with Crippen molar-refractivity contribution in [3.63, 3.8) is 0 Å². The molecule has 4 rings (SSSR count). The Balaban J connectivity index is 1.53. The van der Waals surface area contributed by atoms with Gasteiger partial charge in [-0.1, -0.05) is 29.8 Å². The Morgan fingerprint density at radius 1 is 1.13 bits per heavy atom. The van der Waals surface area contributed by atoms with Crippen molar-refractivity contribution in [2.75, 3.05) is 25.5 Å². The molecule has 0 fully saturated rings. The van der Waals surface area contributed by atoms with E-state index in [1.807, 2.05) is 19.1 Å². The van der Waals surface area contributed by atoms with Crippen LogP contribution in [0.2, 0.25) is 0 Å². The molecular weight excluding hydrogens is 387 g/mol. The smallest absolute Gasteiger partial charge is 0.322 e. The Hall–Kier alpha value is -3.68. The molecule has 4 amide bonds. The molecule has 0 radical (unpaired) electrons. The van der Waals surface area contributed by atoms with Gasteiger partial charge in [0.2, 0.25) is 5.91 Å². The van der Waals surface area contributed by atoms with Crippen LogP contribution in [0, 0.1) is 12.7 Å². The van der Waals surface area contributed by atoms with Gasteiger partial charge in [-0.25, -0.2) is 9.18 Å². The van der Waals surface area contributed by atoms with Gasteiger partial charge in [0.05, 0.1) is 23.9 Å². The summed E-state index contributed by atoms with van der Waals surface area (Å²) in [6, 6.07) is 12.0. The number of anilines is 1. The van der Waals surface area contributed by atoms with Crippen molar-refractivity contribution in [1.29, 1.82) is 0 Å². The lowest BCUT2D eigenvalue weighted by Crippen LogP contribution is -2.45. The number of aryl methyl sites for hydroxylation is 1. The van der Waals surface area contributed by atoms with Crippen LogP contribution in [0.4, 0.5) is 14.9 Å². The third-order valence-corrected chi connectivity index (χ3v) is 5.31. The van der Waals surface area contributed by atoms with Crippen molar-refractivity contribution >= 4 is 23.5 Å². The van der Waals surface area contributed by atoms with Crippen molar-refractivity contribution in [2.45, 2.75) is 13.0 Å². The van der Waals surface area contributed by atoms with Crippen LogP contribution < -0.4 is 10.6 Å². The fraction of sp³-hybridized carbons (Fsp3) is 0.227. The Morgan fingerprint density at radius 3 is 2.47 bits per heavy atom. The van der Waals surface area contributed by atoms with Crippen LogP contribution in [-0.2, 0) is 9.59 Å². The van der Waals surface area contributed by atoms with E-state index < -0.39 is 11.9 Å². The van der Waals surface area contributed by atoms with Crippen molar-refractivity contribution in [3.05, 3.63) is 76.7 Å². The molecule has 2 aromatic carbocycles. The van der Waals surface area contributed by atoms with E-state index in [2.05, 4.69) is 10.6 Å². The third kappa shape index (κ3) is 3.63. The average Bonchev–Trinajstić information content (AvgIpc) is 3.04. The quantitative estimate of drug-likeness (QED) is 0.816. The summed E-state index contributed by atoms with van der Waals surface area (Å²) in [7, 11) is 1.58. The van der Waals surface area contributed by atoms with E-state index in [9.17, 15) is 18.8 Å². The van der Waals surface area contributed by atoms with Crippen molar-refractivity contribution in [1.82, 2.24) is 15.1 Å². The molecule has 0 unspecified atom stereocenters. The van der Waals surface area contributed by atoms with E-state index in [4.69, 9.17) is 0 Å². The summed E-state index contributed by atoms with van der Waals surface area (Å²) >= 11 is 0. The molecule has 154 valence electrons. The van der Waals surface area contributed by atoms with Crippen LogP contribution >= 0.6 is 0 Å². The first-order chi connectivity index (χ1) is 14.3. The van der Waals surface area contributed by atoms with Crippen LogP contribution in [0.25, 0.3) is 0 Å². The monoisotopic (exact) mass is 408 g/mol. The highest BCUT2D eigenvalue weighted by Gasteiger charge is 2.43. The number of rotatable bonds is 4. The highest BCUT2D eigenvalue weighted by Crippen LogP contribution is 2.35. The van der Waals surface area contributed by atoms with Crippen LogP contribution in [0.15, 0.2) is 59.8 Å². The number of hydrogen-bond acceptors (Lipinski definition) is 3. The molecule has 30 heavy (non-hydrogen) atoms. The normalized spacial score (nSPS) is 18.4. The maximum Gasteiger partial charge on any atom is 0.322 e. The Morgan fingerprint density at radius 2 is 1.80 bits per heavy atom. The number of carbonyl (C=O) groups excluding carboxylic acids is 3. The Labute approximate surface area is 173 Å². The minimum absolute atomic E-state index is 0.141. The highest BCUT2D eigenvalue weighted by atomic mass is 19.1. The second-order valence-electron chi connectivity index (χ2n) is 7.43. The van der Waals surface area contributed by atoms with E-state index >= 15 is 0 Å². The SMILES string of the molecule is Cc1ccc(NC(=O)CN2CC3=C(C2=O)[C@@H](c2ccc(F)cc2)NC(=O)N3C)cc1. The summed E-state index contributed by atoms with van der Waals surface area (Å²) in [6.07, 6.45) is 0. The lowest BCUT2D eigenvalue weighted by atomic mass is 9.96. The molecule has 2 aliphatic rings. The van der Waals surface area contributed by atoms with Gasteiger partial charge >= 0.3 is 6.03 Å². The zero-order valence-electron chi connectivity index (χ0n) is 16.6. The maximum absolute atomic E-state index is 13.3. The van der Waals surface area contributed by atoms with Crippen LogP contribution in [-0.4, -0.2) is 47.8 Å². The van der Waals surface area contributed by atoms with E-state index in [-0.39, 0.29) is 30.9 Å². The molecule has 8 heteroatoms. The molecule has 0 saturated carbocycles. The number of nitrogens with one attached hydrogen (secondary N) is 2. The number of halogens is 1. The van der Waals surface area contributed by atoms with E-state index in [0.717, 1.165) is 5.56 Å². The summed E-state index contributed by atoms with van der Waals surface area (Å²) in [4.78, 5) is 40.8. The van der Waals surface area contributed by atoms with Gasteiger partial charge in [0.1, 0.15) is 12.4 Å². The number of hydrogen-bond donors (Lipinski definition) is 2. The first kappa shape index (κ1) is 19.6. The van der Waals surface area contributed by atoms with Gasteiger partial charge in [-0.05, 0) is 36.8 Å². The van der Waals surface area contributed by atoms with Gasteiger partial charge < -0.3 is 15.5 Å². The number of benzene rings is 2. The van der Waals surface area contributed by atoms with Gasteiger partial charge in [-0.2, -0.15) is 0 Å². The molecule has 0 aromatic heterocycles. The molecule has 2 N–H and O–H groups in total. The van der Waals surface area contributed by atoms with Gasteiger partial charge in [-0.3, -0.25) is 14.5 Å². The van der Waals surface area contributed by atoms with Crippen molar-refractivity contribution in [3.8, 4) is 0 Å². The third-order valence-electron chi connectivity index (χ3n) is 5.31. The van der Waals surface area contributed by atoms with Crippen LogP contribution in [0.3, 0.4) is 0 Å². The average molecular weight is 408 g/mol. The molecule has 2 aromatic rings. The second kappa shape index (κ2) is 7.62. The van der Waals surface area contributed by atoms with Crippen LogP contribution in [0.5, 0.6) is 0 Å². The van der Waals surface area contributed by atoms with Gasteiger partial charge in [0.15, 0.2) is 0 Å². The Kier molecular flexibility index (Phi) is 4.99. The van der Waals surface area contributed by atoms with E-state index in [0.29, 0.717) is 22.5 Å². The topological polar surface area (TPSA) is 81.8 Å². The van der Waals surface area contributed by atoms with Crippen molar-refractivity contribution in [2.24, 2.45) is 0 Å². The maximum atomic E-state index is 13.3. The predicted octanol–water partition coefficient (Wildman–Crippen LogP) is 2.57. The van der Waals surface area contributed by atoms with Gasteiger partial charge in [0.25, 0.3) is 5.91 Å². The van der Waals surface area contributed by atoms with E-state index in [1.165, 1.54) is 34.1 Å². The molecule has 0 bridgehead atoms. The lowest BCUT2D eigenvalue weighted by molar-refractivity contribution is -0.130. The molecule has 0 spiro atoms.